The van der Waals surface area contributed by atoms with E-state index in [1.54, 1.807) is 32.9 Å². The minimum atomic E-state index is -0.511. The van der Waals surface area contributed by atoms with Gasteiger partial charge in [-0.25, -0.2) is 4.98 Å². The predicted octanol–water partition coefficient (Wildman–Crippen LogP) is 0.765. The smallest absolute Gasteiger partial charge is 0.243 e. The van der Waals surface area contributed by atoms with Crippen LogP contribution >= 0.6 is 0 Å². The van der Waals surface area contributed by atoms with E-state index in [9.17, 15) is 9.59 Å². The normalized spacial score (nSPS) is 10.8. The number of carbonyl (C=O) groups excluding carboxylic acids is 2. The van der Waals surface area contributed by atoms with Crippen molar-refractivity contribution in [3.05, 3.63) is 18.3 Å². The maximum atomic E-state index is 11.5. The van der Waals surface area contributed by atoms with Crippen molar-refractivity contribution in [2.75, 3.05) is 17.6 Å². The molecule has 0 aliphatic rings. The van der Waals surface area contributed by atoms with Crippen LogP contribution in [0, 0.1) is 5.41 Å². The number of nitrogens with one attached hydrogen (secondary N) is 2. The van der Waals surface area contributed by atoms with Gasteiger partial charge in [-0.2, -0.15) is 0 Å². The van der Waals surface area contributed by atoms with E-state index in [2.05, 4.69) is 15.6 Å². The van der Waals surface area contributed by atoms with E-state index < -0.39 is 5.41 Å². The van der Waals surface area contributed by atoms with Gasteiger partial charge < -0.3 is 16.4 Å². The summed E-state index contributed by atoms with van der Waals surface area (Å²) >= 11 is 0. The topological polar surface area (TPSA) is 97.1 Å². The molecule has 2 amide bonds. The molecule has 0 saturated heterocycles. The Bertz CT molecular complexity index is 434. The zero-order valence-corrected chi connectivity index (χ0v) is 10.8. The van der Waals surface area contributed by atoms with E-state index in [1.165, 1.54) is 6.20 Å². The lowest BCUT2D eigenvalue weighted by Crippen LogP contribution is -2.39. The zero-order valence-electron chi connectivity index (χ0n) is 10.8. The number of carbonyl (C=O) groups is 2. The second-order valence-electron chi connectivity index (χ2n) is 4.95. The summed E-state index contributed by atoms with van der Waals surface area (Å²) in [6.45, 7) is 5.28. The molecule has 0 saturated carbocycles. The average Bonchev–Trinajstić information content (AvgIpc) is 2.28. The number of hydrogen-bond acceptors (Lipinski definition) is 4. The third kappa shape index (κ3) is 4.40. The van der Waals surface area contributed by atoms with Crippen molar-refractivity contribution in [3.8, 4) is 0 Å². The predicted molar refractivity (Wildman–Crippen MR) is 69.7 cm³/mol. The Morgan fingerprint density at radius 2 is 2.00 bits per heavy atom. The number of pyridine rings is 1. The first kappa shape index (κ1) is 14.0. The van der Waals surface area contributed by atoms with E-state index in [4.69, 9.17) is 5.73 Å². The van der Waals surface area contributed by atoms with Gasteiger partial charge in [0.25, 0.3) is 0 Å². The van der Waals surface area contributed by atoms with Crippen molar-refractivity contribution in [1.82, 2.24) is 10.3 Å². The average molecular weight is 250 g/mol. The fourth-order valence-corrected chi connectivity index (χ4v) is 1.11. The number of aromatic nitrogens is 1. The fourth-order valence-electron chi connectivity index (χ4n) is 1.11. The molecular formula is C12H18N4O2. The van der Waals surface area contributed by atoms with Gasteiger partial charge in [0.05, 0.1) is 18.4 Å². The van der Waals surface area contributed by atoms with E-state index in [0.717, 1.165) is 0 Å². The van der Waals surface area contributed by atoms with Crippen molar-refractivity contribution >= 4 is 23.3 Å². The lowest BCUT2D eigenvalue weighted by Gasteiger charge is -2.17. The summed E-state index contributed by atoms with van der Waals surface area (Å²) in [4.78, 5) is 26.9. The molecule has 6 heteroatoms. The number of nitrogens with zero attached hydrogens (tertiary/aromatic N) is 1. The van der Waals surface area contributed by atoms with Crippen LogP contribution in [-0.2, 0) is 9.59 Å². The Balaban J connectivity index is 2.43. The molecule has 0 unspecified atom stereocenters. The van der Waals surface area contributed by atoms with E-state index in [-0.39, 0.29) is 18.4 Å². The van der Waals surface area contributed by atoms with Gasteiger partial charge in [0, 0.05) is 5.41 Å². The maximum Gasteiger partial charge on any atom is 0.243 e. The lowest BCUT2D eigenvalue weighted by atomic mass is 9.96. The van der Waals surface area contributed by atoms with Crippen LogP contribution in [-0.4, -0.2) is 23.3 Å². The number of nitrogen functional groups attached to an aromatic ring is 1. The van der Waals surface area contributed by atoms with Crippen molar-refractivity contribution in [3.63, 3.8) is 0 Å². The summed E-state index contributed by atoms with van der Waals surface area (Å²) in [6.07, 6.45) is 1.46. The van der Waals surface area contributed by atoms with Crippen LogP contribution in [0.15, 0.2) is 18.3 Å². The van der Waals surface area contributed by atoms with E-state index in [0.29, 0.717) is 11.5 Å². The zero-order chi connectivity index (χ0) is 13.8. The fraction of sp³-hybridized carbons (Fsp3) is 0.417. The molecule has 6 nitrogen and oxygen atoms in total. The monoisotopic (exact) mass is 250 g/mol. The molecule has 1 rings (SSSR count). The Hall–Kier alpha value is -2.11. The highest BCUT2D eigenvalue weighted by Gasteiger charge is 2.21. The number of amides is 2. The van der Waals surface area contributed by atoms with E-state index in [1.807, 2.05) is 0 Å². The second kappa shape index (κ2) is 5.48. The van der Waals surface area contributed by atoms with Crippen LogP contribution in [0.3, 0.4) is 0 Å². The minimum Gasteiger partial charge on any atom is -0.384 e. The second-order valence-corrected chi connectivity index (χ2v) is 4.95. The lowest BCUT2D eigenvalue weighted by molar-refractivity contribution is -0.130. The summed E-state index contributed by atoms with van der Waals surface area (Å²) in [5.41, 5.74) is 5.45. The molecule has 1 heterocycles. The molecule has 1 aromatic heterocycles. The molecule has 0 spiro atoms. The summed E-state index contributed by atoms with van der Waals surface area (Å²) in [5, 5.41) is 5.16. The highest BCUT2D eigenvalue weighted by Crippen LogP contribution is 2.12. The van der Waals surface area contributed by atoms with Crippen LogP contribution in [0.2, 0.25) is 0 Å². The summed E-state index contributed by atoms with van der Waals surface area (Å²) in [5.74, 6) is -0.0960. The molecule has 0 aliphatic heterocycles. The first-order valence-electron chi connectivity index (χ1n) is 5.59. The molecule has 4 N–H and O–H groups in total. The largest absolute Gasteiger partial charge is 0.384 e. The van der Waals surface area contributed by atoms with E-state index >= 15 is 0 Å². The summed E-state index contributed by atoms with van der Waals surface area (Å²) in [6, 6.07) is 3.23. The number of nitrogens with two attached hydrogens (primary N) is 1. The molecule has 0 bridgehead atoms. The van der Waals surface area contributed by atoms with Gasteiger partial charge in [-0.1, -0.05) is 20.8 Å². The van der Waals surface area contributed by atoms with Gasteiger partial charge in [-0.05, 0) is 12.1 Å². The van der Waals surface area contributed by atoms with Crippen LogP contribution < -0.4 is 16.4 Å². The molecular weight excluding hydrogens is 232 g/mol. The Morgan fingerprint density at radius 3 is 2.50 bits per heavy atom. The summed E-state index contributed by atoms with van der Waals surface area (Å²) in [7, 11) is 0. The molecule has 0 aliphatic carbocycles. The third-order valence-corrected chi connectivity index (χ3v) is 2.16. The standard InChI is InChI=1S/C12H18N4O2/c1-12(2,3)11(18)15-7-10(17)16-8-4-5-9(13)14-6-8/h4-6H,7H2,1-3H3,(H2,13,14)(H,15,18)(H,16,17). The number of hydrogen-bond donors (Lipinski definition) is 3. The van der Waals surface area contributed by atoms with Gasteiger partial charge in [-0.15, -0.1) is 0 Å². The molecule has 0 fully saturated rings. The number of anilines is 2. The Morgan fingerprint density at radius 1 is 1.33 bits per heavy atom. The van der Waals surface area contributed by atoms with Crippen molar-refractivity contribution in [2.45, 2.75) is 20.8 Å². The Kier molecular flexibility index (Phi) is 4.25. The quantitative estimate of drug-likeness (QED) is 0.738. The molecule has 18 heavy (non-hydrogen) atoms. The van der Waals surface area contributed by atoms with Gasteiger partial charge in [-0.3, -0.25) is 9.59 Å². The van der Waals surface area contributed by atoms with Crippen LogP contribution in [0.4, 0.5) is 11.5 Å². The van der Waals surface area contributed by atoms with Gasteiger partial charge >= 0.3 is 0 Å². The van der Waals surface area contributed by atoms with Gasteiger partial charge in [0.2, 0.25) is 11.8 Å². The minimum absolute atomic E-state index is 0.0690. The first-order valence-corrected chi connectivity index (χ1v) is 5.59. The van der Waals surface area contributed by atoms with Crippen molar-refractivity contribution < 1.29 is 9.59 Å². The third-order valence-electron chi connectivity index (χ3n) is 2.16. The van der Waals surface area contributed by atoms with Crippen LogP contribution in [0.25, 0.3) is 0 Å². The summed E-state index contributed by atoms with van der Waals surface area (Å²) < 4.78 is 0. The Labute approximate surface area is 106 Å². The molecule has 0 radical (unpaired) electrons. The molecule has 0 aromatic carbocycles. The van der Waals surface area contributed by atoms with Crippen molar-refractivity contribution in [1.29, 1.82) is 0 Å². The van der Waals surface area contributed by atoms with Crippen molar-refractivity contribution in [2.24, 2.45) is 5.41 Å². The molecule has 1 aromatic rings. The van der Waals surface area contributed by atoms with Gasteiger partial charge in [0.1, 0.15) is 5.82 Å². The van der Waals surface area contributed by atoms with Gasteiger partial charge in [0.15, 0.2) is 0 Å². The van der Waals surface area contributed by atoms with Crippen LogP contribution in [0.5, 0.6) is 0 Å². The van der Waals surface area contributed by atoms with Crippen LogP contribution in [0.1, 0.15) is 20.8 Å². The highest BCUT2D eigenvalue weighted by atomic mass is 16.2. The maximum absolute atomic E-state index is 11.5. The number of rotatable bonds is 3. The highest BCUT2D eigenvalue weighted by molar-refractivity contribution is 5.95. The first-order chi connectivity index (χ1) is 8.29. The molecule has 98 valence electrons. The SMILES string of the molecule is CC(C)(C)C(=O)NCC(=O)Nc1ccc(N)nc1. The molecule has 0 atom stereocenters.